The van der Waals surface area contributed by atoms with Gasteiger partial charge in [0.15, 0.2) is 0 Å². The Kier molecular flexibility index (Phi) is 5.22. The molecule has 0 aromatic heterocycles. The van der Waals surface area contributed by atoms with Crippen molar-refractivity contribution in [3.05, 3.63) is 66.0 Å². The van der Waals surface area contributed by atoms with Crippen LogP contribution in [0.15, 0.2) is 54.6 Å². The zero-order chi connectivity index (χ0) is 15.2. The molecule has 0 heterocycles. The smallest absolute Gasteiger partial charge is 0.239 e. The average molecular weight is 305 g/mol. The molecule has 3 nitrogen and oxygen atoms in total. The first-order chi connectivity index (χ1) is 10.1. The van der Waals surface area contributed by atoms with Crippen LogP contribution in [0, 0.1) is 5.82 Å². The van der Waals surface area contributed by atoms with Crippen molar-refractivity contribution in [2.45, 2.75) is 17.9 Å². The van der Waals surface area contributed by atoms with E-state index in [2.05, 4.69) is 5.32 Å². The molecule has 0 unspecified atom stereocenters. The fourth-order valence-corrected chi connectivity index (χ4v) is 2.86. The van der Waals surface area contributed by atoms with Crippen LogP contribution in [-0.4, -0.2) is 15.4 Å². The molecule has 1 amide bonds. The highest BCUT2D eigenvalue weighted by molar-refractivity contribution is 7.85. The Morgan fingerprint density at radius 2 is 1.90 bits per heavy atom. The normalized spacial score (nSPS) is 13.4. The van der Waals surface area contributed by atoms with Crippen LogP contribution in [0.4, 0.5) is 10.1 Å². The Bertz CT molecular complexity index is 646. The largest absolute Gasteiger partial charge is 0.325 e. The van der Waals surface area contributed by atoms with Crippen LogP contribution >= 0.6 is 0 Å². The number of para-hydroxylation sites is 1. The minimum atomic E-state index is -1.41. The maximum atomic E-state index is 13.1. The molecular weight excluding hydrogens is 289 g/mol. The molecular formula is C16H16FNO2S. The zero-order valence-corrected chi connectivity index (χ0v) is 12.4. The fraction of sp³-hybridized carbons (Fsp3) is 0.188. The summed E-state index contributed by atoms with van der Waals surface area (Å²) in [5.74, 6) is -0.525. The van der Waals surface area contributed by atoms with Gasteiger partial charge in [-0.05, 0) is 36.8 Å². The summed E-state index contributed by atoms with van der Waals surface area (Å²) >= 11 is 0. The number of carbonyl (C=O) groups excluding carboxylic acids is 1. The molecule has 0 bridgehead atoms. The number of hydrogen-bond donors (Lipinski definition) is 1. The molecule has 5 heteroatoms. The van der Waals surface area contributed by atoms with E-state index >= 15 is 0 Å². The van der Waals surface area contributed by atoms with E-state index in [1.165, 1.54) is 12.1 Å². The summed E-state index contributed by atoms with van der Waals surface area (Å²) in [5.41, 5.74) is 1.28. The molecule has 2 aromatic carbocycles. The van der Waals surface area contributed by atoms with Crippen molar-refractivity contribution in [2.24, 2.45) is 0 Å². The highest BCUT2D eigenvalue weighted by Crippen LogP contribution is 2.12. The van der Waals surface area contributed by atoms with Crippen LogP contribution in [0.3, 0.4) is 0 Å². The van der Waals surface area contributed by atoms with E-state index in [4.69, 9.17) is 0 Å². The molecule has 110 valence electrons. The summed E-state index contributed by atoms with van der Waals surface area (Å²) in [4.78, 5) is 12.0. The molecule has 21 heavy (non-hydrogen) atoms. The standard InChI is InChI=1S/C16H16FNO2S/c1-12(16(19)18-15-8-3-2-4-9-15)21(20)11-13-6-5-7-14(17)10-13/h2-10,12H,11H2,1H3,(H,18,19)/t12-,21-/m0/s1. The molecule has 0 saturated carbocycles. The third-order valence-corrected chi connectivity index (χ3v) is 4.62. The molecule has 2 atom stereocenters. The second kappa shape index (κ2) is 7.13. The number of carbonyl (C=O) groups is 1. The number of anilines is 1. The Hall–Kier alpha value is -2.01. The van der Waals surface area contributed by atoms with Crippen molar-refractivity contribution in [2.75, 3.05) is 5.32 Å². The van der Waals surface area contributed by atoms with Crippen LogP contribution in [0.2, 0.25) is 0 Å². The lowest BCUT2D eigenvalue weighted by Crippen LogP contribution is -2.29. The van der Waals surface area contributed by atoms with Gasteiger partial charge in [-0.1, -0.05) is 30.3 Å². The molecule has 0 spiro atoms. The van der Waals surface area contributed by atoms with Gasteiger partial charge in [-0.2, -0.15) is 0 Å². The van der Waals surface area contributed by atoms with Gasteiger partial charge in [0, 0.05) is 22.2 Å². The van der Waals surface area contributed by atoms with Gasteiger partial charge in [0.1, 0.15) is 11.1 Å². The van der Waals surface area contributed by atoms with Gasteiger partial charge >= 0.3 is 0 Å². The molecule has 0 radical (unpaired) electrons. The molecule has 0 aliphatic carbocycles. The Labute approximate surface area is 125 Å². The molecule has 2 rings (SSSR count). The van der Waals surface area contributed by atoms with Crippen LogP contribution in [0.1, 0.15) is 12.5 Å². The number of nitrogens with one attached hydrogen (secondary N) is 1. The quantitative estimate of drug-likeness (QED) is 0.922. The molecule has 2 aromatic rings. The highest BCUT2D eigenvalue weighted by Gasteiger charge is 2.20. The summed E-state index contributed by atoms with van der Waals surface area (Å²) in [5, 5.41) is 2.04. The van der Waals surface area contributed by atoms with Crippen LogP contribution in [0.25, 0.3) is 0 Å². The predicted molar refractivity (Wildman–Crippen MR) is 82.8 cm³/mol. The molecule has 0 aliphatic rings. The van der Waals surface area contributed by atoms with E-state index in [1.54, 1.807) is 31.2 Å². The maximum absolute atomic E-state index is 13.1. The number of rotatable bonds is 5. The lowest BCUT2D eigenvalue weighted by molar-refractivity contribution is -0.115. The van der Waals surface area contributed by atoms with Crippen LogP contribution in [0.5, 0.6) is 0 Å². The molecule has 1 N–H and O–H groups in total. The van der Waals surface area contributed by atoms with E-state index in [-0.39, 0.29) is 17.5 Å². The lowest BCUT2D eigenvalue weighted by atomic mass is 10.2. The van der Waals surface area contributed by atoms with Gasteiger partial charge in [-0.25, -0.2) is 4.39 Å². The van der Waals surface area contributed by atoms with Gasteiger partial charge in [0.05, 0.1) is 0 Å². The molecule has 0 fully saturated rings. The van der Waals surface area contributed by atoms with Crippen molar-refractivity contribution >= 4 is 22.4 Å². The number of hydrogen-bond acceptors (Lipinski definition) is 2. The first kappa shape index (κ1) is 15.4. The summed E-state index contributed by atoms with van der Waals surface area (Å²) in [6, 6.07) is 14.9. The van der Waals surface area contributed by atoms with E-state index in [9.17, 15) is 13.4 Å². The average Bonchev–Trinajstić information content (AvgIpc) is 2.47. The summed E-state index contributed by atoms with van der Waals surface area (Å²) in [6.07, 6.45) is 0. The predicted octanol–water partition coefficient (Wildman–Crippen LogP) is 3.10. The minimum absolute atomic E-state index is 0.154. The zero-order valence-electron chi connectivity index (χ0n) is 11.6. The minimum Gasteiger partial charge on any atom is -0.325 e. The second-order valence-corrected chi connectivity index (χ2v) is 6.41. The SMILES string of the molecule is C[C@@H](C(=O)Nc1ccccc1)[S@@](=O)Cc1cccc(F)c1. The number of benzene rings is 2. The number of halogens is 1. The second-order valence-electron chi connectivity index (χ2n) is 4.65. The topological polar surface area (TPSA) is 46.2 Å². The van der Waals surface area contributed by atoms with Gasteiger partial charge in [0.2, 0.25) is 5.91 Å². The van der Waals surface area contributed by atoms with Crippen molar-refractivity contribution in [3.8, 4) is 0 Å². The Morgan fingerprint density at radius 1 is 1.19 bits per heavy atom. The molecule has 0 aliphatic heterocycles. The van der Waals surface area contributed by atoms with E-state index in [0.29, 0.717) is 11.3 Å². The van der Waals surface area contributed by atoms with Gasteiger partial charge in [0.25, 0.3) is 0 Å². The first-order valence-electron chi connectivity index (χ1n) is 6.54. The monoisotopic (exact) mass is 305 g/mol. The van der Waals surface area contributed by atoms with Crippen molar-refractivity contribution in [3.63, 3.8) is 0 Å². The summed E-state index contributed by atoms with van der Waals surface area (Å²) in [7, 11) is -1.41. The van der Waals surface area contributed by atoms with Crippen molar-refractivity contribution in [1.29, 1.82) is 0 Å². The van der Waals surface area contributed by atoms with Crippen molar-refractivity contribution < 1.29 is 13.4 Å². The molecule has 0 saturated heterocycles. The Balaban J connectivity index is 1.97. The Morgan fingerprint density at radius 3 is 2.57 bits per heavy atom. The van der Waals surface area contributed by atoms with Crippen LogP contribution in [-0.2, 0) is 21.3 Å². The summed E-state index contributed by atoms with van der Waals surface area (Å²) in [6.45, 7) is 1.60. The lowest BCUT2D eigenvalue weighted by Gasteiger charge is -2.12. The highest BCUT2D eigenvalue weighted by atomic mass is 32.2. The van der Waals surface area contributed by atoms with Gasteiger partial charge in [-0.3, -0.25) is 9.00 Å². The fourth-order valence-electron chi connectivity index (χ4n) is 1.80. The van der Waals surface area contributed by atoms with Crippen LogP contribution < -0.4 is 5.32 Å². The van der Waals surface area contributed by atoms with Crippen molar-refractivity contribution in [1.82, 2.24) is 0 Å². The van der Waals surface area contributed by atoms with Gasteiger partial charge < -0.3 is 5.32 Å². The third kappa shape index (κ3) is 4.49. The number of amides is 1. The first-order valence-corrected chi connectivity index (χ1v) is 7.92. The van der Waals surface area contributed by atoms with E-state index in [0.717, 1.165) is 0 Å². The maximum Gasteiger partial charge on any atom is 0.239 e. The van der Waals surface area contributed by atoms with E-state index < -0.39 is 16.0 Å². The van der Waals surface area contributed by atoms with Gasteiger partial charge in [-0.15, -0.1) is 0 Å². The van der Waals surface area contributed by atoms with E-state index in [1.807, 2.05) is 18.2 Å². The summed E-state index contributed by atoms with van der Waals surface area (Å²) < 4.78 is 25.3. The third-order valence-electron chi connectivity index (χ3n) is 3.00.